The lowest BCUT2D eigenvalue weighted by Gasteiger charge is -2.35. The molecule has 1 aromatic rings. The average Bonchev–Trinajstić information content (AvgIpc) is 2.34. The molecule has 1 fully saturated rings. The number of nitrogens with zero attached hydrogens (tertiary/aromatic N) is 1. The van der Waals surface area contributed by atoms with Gasteiger partial charge in [-0.05, 0) is 49.8 Å². The normalized spacial score (nSPS) is 18.2. The van der Waals surface area contributed by atoms with Crippen molar-refractivity contribution in [2.75, 3.05) is 18.9 Å². The molecule has 1 aromatic carbocycles. The first kappa shape index (κ1) is 12.5. The zero-order valence-electron chi connectivity index (χ0n) is 11.2. The standard InChI is InChI=1S/C15H19FN2O/c1-18(12-5-2-6-12)15(19)13-9-11(16)8-10-4-3-7-17-14(10)13/h8-9,12,17H,2-7H2,1H3. The van der Waals surface area contributed by atoms with Gasteiger partial charge in [-0.3, -0.25) is 4.79 Å². The van der Waals surface area contributed by atoms with E-state index in [0.717, 1.165) is 43.5 Å². The highest BCUT2D eigenvalue weighted by Gasteiger charge is 2.29. The van der Waals surface area contributed by atoms with E-state index in [1.165, 1.54) is 12.5 Å². The third-order valence-corrected chi connectivity index (χ3v) is 4.28. The number of rotatable bonds is 2. The van der Waals surface area contributed by atoms with Gasteiger partial charge in [-0.25, -0.2) is 4.39 Å². The number of fused-ring (bicyclic) bond motifs is 1. The van der Waals surface area contributed by atoms with Crippen molar-refractivity contribution in [3.05, 3.63) is 29.1 Å². The van der Waals surface area contributed by atoms with E-state index >= 15 is 0 Å². The number of hydrogen-bond donors (Lipinski definition) is 1. The summed E-state index contributed by atoms with van der Waals surface area (Å²) in [6.45, 7) is 0.853. The molecule has 3 nitrogen and oxygen atoms in total. The van der Waals surface area contributed by atoms with Crippen LogP contribution in [0.15, 0.2) is 12.1 Å². The predicted octanol–water partition coefficient (Wildman–Crippen LogP) is 2.81. The molecule has 102 valence electrons. The number of hydrogen-bond acceptors (Lipinski definition) is 2. The summed E-state index contributed by atoms with van der Waals surface area (Å²) in [5.74, 6) is -0.373. The first-order valence-electron chi connectivity index (χ1n) is 7.00. The second kappa shape index (κ2) is 4.83. The van der Waals surface area contributed by atoms with Crippen molar-refractivity contribution in [2.45, 2.75) is 38.1 Å². The Labute approximate surface area is 112 Å². The number of carbonyl (C=O) groups is 1. The minimum atomic E-state index is -0.312. The summed E-state index contributed by atoms with van der Waals surface area (Å²) in [5.41, 5.74) is 2.25. The van der Waals surface area contributed by atoms with Crippen molar-refractivity contribution >= 4 is 11.6 Å². The van der Waals surface area contributed by atoms with Gasteiger partial charge in [-0.2, -0.15) is 0 Å². The molecule has 0 saturated heterocycles. The van der Waals surface area contributed by atoms with Gasteiger partial charge in [0, 0.05) is 19.6 Å². The minimum Gasteiger partial charge on any atom is -0.384 e. The predicted molar refractivity (Wildman–Crippen MR) is 72.9 cm³/mol. The van der Waals surface area contributed by atoms with E-state index in [4.69, 9.17) is 0 Å². The Bertz CT molecular complexity index is 511. The van der Waals surface area contributed by atoms with Crippen LogP contribution in [-0.4, -0.2) is 30.4 Å². The van der Waals surface area contributed by atoms with Crippen molar-refractivity contribution in [1.82, 2.24) is 4.90 Å². The Morgan fingerprint density at radius 1 is 1.37 bits per heavy atom. The fraction of sp³-hybridized carbons (Fsp3) is 0.533. The van der Waals surface area contributed by atoms with Gasteiger partial charge >= 0.3 is 0 Å². The number of halogens is 1. The fourth-order valence-corrected chi connectivity index (χ4v) is 2.86. The second-order valence-electron chi connectivity index (χ2n) is 5.52. The van der Waals surface area contributed by atoms with Crippen LogP contribution in [-0.2, 0) is 6.42 Å². The molecular formula is C15H19FN2O. The first-order valence-corrected chi connectivity index (χ1v) is 7.00. The lowest BCUT2D eigenvalue weighted by molar-refractivity contribution is 0.0652. The maximum absolute atomic E-state index is 13.7. The summed E-state index contributed by atoms with van der Waals surface area (Å²) < 4.78 is 13.7. The van der Waals surface area contributed by atoms with Crippen LogP contribution in [0.3, 0.4) is 0 Å². The van der Waals surface area contributed by atoms with Crippen LogP contribution >= 0.6 is 0 Å². The lowest BCUT2D eigenvalue weighted by atomic mass is 9.91. The molecule has 4 heteroatoms. The molecule has 19 heavy (non-hydrogen) atoms. The Balaban J connectivity index is 1.94. The van der Waals surface area contributed by atoms with Crippen LogP contribution in [0.2, 0.25) is 0 Å². The van der Waals surface area contributed by atoms with Crippen LogP contribution in [0.4, 0.5) is 10.1 Å². The molecule has 0 unspecified atom stereocenters. The van der Waals surface area contributed by atoms with E-state index < -0.39 is 0 Å². The van der Waals surface area contributed by atoms with Crippen molar-refractivity contribution in [2.24, 2.45) is 0 Å². The van der Waals surface area contributed by atoms with Crippen molar-refractivity contribution in [3.8, 4) is 0 Å². The largest absolute Gasteiger partial charge is 0.384 e. The van der Waals surface area contributed by atoms with E-state index in [-0.39, 0.29) is 11.7 Å². The molecule has 1 N–H and O–H groups in total. The number of amides is 1. The molecule has 1 aliphatic carbocycles. The number of nitrogens with one attached hydrogen (secondary N) is 1. The maximum atomic E-state index is 13.7. The quantitative estimate of drug-likeness (QED) is 0.889. The van der Waals surface area contributed by atoms with Gasteiger partial charge in [0.15, 0.2) is 0 Å². The van der Waals surface area contributed by atoms with Gasteiger partial charge in [-0.1, -0.05) is 0 Å². The van der Waals surface area contributed by atoms with Crippen LogP contribution in [0.25, 0.3) is 0 Å². The van der Waals surface area contributed by atoms with E-state index in [9.17, 15) is 9.18 Å². The average molecular weight is 262 g/mol. The first-order chi connectivity index (χ1) is 9.16. The highest BCUT2D eigenvalue weighted by molar-refractivity contribution is 6.00. The van der Waals surface area contributed by atoms with Crippen molar-refractivity contribution in [3.63, 3.8) is 0 Å². The molecule has 1 saturated carbocycles. The molecule has 0 atom stereocenters. The second-order valence-corrected chi connectivity index (χ2v) is 5.52. The van der Waals surface area contributed by atoms with Gasteiger partial charge in [0.2, 0.25) is 0 Å². The zero-order valence-corrected chi connectivity index (χ0v) is 11.2. The highest BCUT2D eigenvalue weighted by Crippen LogP contribution is 2.31. The lowest BCUT2D eigenvalue weighted by Crippen LogP contribution is -2.41. The van der Waals surface area contributed by atoms with Crippen molar-refractivity contribution < 1.29 is 9.18 Å². The summed E-state index contributed by atoms with van der Waals surface area (Å²) in [6.07, 6.45) is 5.14. The Morgan fingerprint density at radius 3 is 2.84 bits per heavy atom. The summed E-state index contributed by atoms with van der Waals surface area (Å²) in [6, 6.07) is 3.24. The smallest absolute Gasteiger partial charge is 0.256 e. The molecule has 1 aliphatic heterocycles. The Hall–Kier alpha value is -1.58. The van der Waals surface area contributed by atoms with Gasteiger partial charge < -0.3 is 10.2 Å². The number of benzene rings is 1. The summed E-state index contributed by atoms with van der Waals surface area (Å²) >= 11 is 0. The third-order valence-electron chi connectivity index (χ3n) is 4.28. The SMILES string of the molecule is CN(C(=O)c1cc(F)cc2c1NCCC2)C1CCC1. The zero-order chi connectivity index (χ0) is 13.4. The van der Waals surface area contributed by atoms with E-state index in [1.54, 1.807) is 11.0 Å². The molecule has 0 bridgehead atoms. The minimum absolute atomic E-state index is 0.0603. The molecule has 0 spiro atoms. The summed E-state index contributed by atoms with van der Waals surface area (Å²) in [7, 11) is 1.83. The van der Waals surface area contributed by atoms with Gasteiger partial charge in [0.05, 0.1) is 11.3 Å². The summed E-state index contributed by atoms with van der Waals surface area (Å²) in [5, 5.41) is 3.26. The van der Waals surface area contributed by atoms with E-state index in [0.29, 0.717) is 11.6 Å². The summed E-state index contributed by atoms with van der Waals surface area (Å²) in [4.78, 5) is 14.3. The molecule has 2 aliphatic rings. The van der Waals surface area contributed by atoms with Crippen LogP contribution in [0, 0.1) is 5.82 Å². The van der Waals surface area contributed by atoms with Gasteiger partial charge in [0.25, 0.3) is 5.91 Å². The molecular weight excluding hydrogens is 243 g/mol. The molecule has 0 aromatic heterocycles. The number of aryl methyl sites for hydroxylation is 1. The third kappa shape index (κ3) is 2.20. The number of anilines is 1. The number of carbonyl (C=O) groups excluding carboxylic acids is 1. The van der Waals surface area contributed by atoms with Crippen molar-refractivity contribution in [1.29, 1.82) is 0 Å². The molecule has 1 heterocycles. The Kier molecular flexibility index (Phi) is 3.17. The molecule has 1 amide bonds. The molecule has 0 radical (unpaired) electrons. The van der Waals surface area contributed by atoms with Gasteiger partial charge in [-0.15, -0.1) is 0 Å². The highest BCUT2D eigenvalue weighted by atomic mass is 19.1. The van der Waals surface area contributed by atoms with E-state index in [1.807, 2.05) is 7.05 Å². The maximum Gasteiger partial charge on any atom is 0.256 e. The Morgan fingerprint density at radius 2 is 2.16 bits per heavy atom. The van der Waals surface area contributed by atoms with Crippen LogP contribution < -0.4 is 5.32 Å². The van der Waals surface area contributed by atoms with E-state index in [2.05, 4.69) is 5.32 Å². The van der Waals surface area contributed by atoms with Crippen LogP contribution in [0.5, 0.6) is 0 Å². The topological polar surface area (TPSA) is 32.3 Å². The fourth-order valence-electron chi connectivity index (χ4n) is 2.86. The van der Waals surface area contributed by atoms with Crippen LogP contribution in [0.1, 0.15) is 41.6 Å². The molecule has 3 rings (SSSR count). The van der Waals surface area contributed by atoms with Gasteiger partial charge in [0.1, 0.15) is 5.82 Å². The monoisotopic (exact) mass is 262 g/mol.